The Hall–Kier alpha value is -0.410. The van der Waals surface area contributed by atoms with E-state index in [2.05, 4.69) is 48.5 Å². The Labute approximate surface area is 287 Å². The zero-order valence-corrected chi connectivity index (χ0v) is 30.9. The van der Waals surface area contributed by atoms with Crippen LogP contribution in [0.2, 0.25) is 0 Å². The minimum Gasteiger partial charge on any atom is -0.394 e. The van der Waals surface area contributed by atoms with Crippen molar-refractivity contribution in [1.29, 1.82) is 0 Å². The van der Waals surface area contributed by atoms with Gasteiger partial charge in [0.25, 0.3) is 0 Å². The molecule has 12 heteroatoms. The Morgan fingerprint density at radius 1 is 0.812 bits per heavy atom. The maximum Gasteiger partial charge on any atom is 0.397 e. The summed E-state index contributed by atoms with van der Waals surface area (Å²) in [5, 5.41) is 54.4. The quantitative estimate of drug-likeness (QED) is 0.181. The average Bonchev–Trinajstić information content (AvgIpc) is 2.97. The molecule has 1 heterocycles. The van der Waals surface area contributed by atoms with E-state index in [0.29, 0.717) is 24.7 Å². The first-order valence-corrected chi connectivity index (χ1v) is 19.7. The van der Waals surface area contributed by atoms with Gasteiger partial charge >= 0.3 is 10.4 Å². The molecule has 17 unspecified atom stereocenters. The van der Waals surface area contributed by atoms with Crippen molar-refractivity contribution in [3.05, 3.63) is 0 Å². The van der Waals surface area contributed by atoms with Gasteiger partial charge in [-0.05, 0) is 121 Å². The molecule has 48 heavy (non-hydrogen) atoms. The third-order valence-electron chi connectivity index (χ3n) is 16.5. The molecule has 0 aromatic carbocycles. The van der Waals surface area contributed by atoms with Crippen LogP contribution < -0.4 is 0 Å². The van der Waals surface area contributed by atoms with Crippen molar-refractivity contribution < 1.29 is 52.2 Å². The van der Waals surface area contributed by atoms with Crippen molar-refractivity contribution in [2.24, 2.45) is 56.7 Å². The molecule has 6 N–H and O–H groups in total. The topological polar surface area (TPSA) is 183 Å². The highest BCUT2D eigenvalue weighted by molar-refractivity contribution is 7.80. The maximum absolute atomic E-state index is 12.0. The van der Waals surface area contributed by atoms with Gasteiger partial charge in [-0.3, -0.25) is 4.55 Å². The molecule has 0 spiro atoms. The van der Waals surface area contributed by atoms with E-state index in [1.54, 1.807) is 0 Å². The first-order chi connectivity index (χ1) is 22.0. The van der Waals surface area contributed by atoms with Crippen LogP contribution in [-0.2, 0) is 24.1 Å². The van der Waals surface area contributed by atoms with E-state index in [9.17, 15) is 38.5 Å². The van der Waals surface area contributed by atoms with E-state index in [1.165, 1.54) is 0 Å². The van der Waals surface area contributed by atoms with Crippen molar-refractivity contribution in [1.82, 2.24) is 0 Å². The fourth-order valence-corrected chi connectivity index (χ4v) is 13.9. The summed E-state index contributed by atoms with van der Waals surface area (Å²) in [4.78, 5) is 0. The lowest BCUT2D eigenvalue weighted by Crippen LogP contribution is -2.70. The fourth-order valence-electron chi connectivity index (χ4n) is 13.4. The van der Waals surface area contributed by atoms with Gasteiger partial charge in [-0.1, -0.05) is 48.5 Å². The highest BCUT2D eigenvalue weighted by Gasteiger charge is 2.72. The molecule has 5 saturated carbocycles. The molecule has 1 saturated heterocycles. The van der Waals surface area contributed by atoms with Crippen molar-refractivity contribution in [3.8, 4) is 0 Å². The van der Waals surface area contributed by atoms with Gasteiger partial charge in [-0.2, -0.15) is 8.42 Å². The Morgan fingerprint density at radius 2 is 1.48 bits per heavy atom. The largest absolute Gasteiger partial charge is 0.397 e. The number of ether oxygens (including phenoxy) is 2. The molecule has 11 nitrogen and oxygen atoms in total. The van der Waals surface area contributed by atoms with Crippen molar-refractivity contribution in [2.75, 3.05) is 6.61 Å². The molecule has 6 rings (SSSR count). The molecule has 0 aromatic rings. The van der Waals surface area contributed by atoms with Gasteiger partial charge in [-0.25, -0.2) is 4.18 Å². The Bertz CT molecular complexity index is 1340. The summed E-state index contributed by atoms with van der Waals surface area (Å²) in [6, 6.07) is 0. The summed E-state index contributed by atoms with van der Waals surface area (Å²) in [5.41, 5.74) is -1.52. The molecule has 17 atom stereocenters. The summed E-state index contributed by atoms with van der Waals surface area (Å²) < 4.78 is 49.9. The minimum absolute atomic E-state index is 0.0221. The molecule has 0 amide bonds. The van der Waals surface area contributed by atoms with Crippen molar-refractivity contribution in [2.45, 2.75) is 162 Å². The molecular formula is C36H62O11S. The lowest BCUT2D eigenvalue weighted by atomic mass is 9.31. The van der Waals surface area contributed by atoms with Gasteiger partial charge in [0.2, 0.25) is 0 Å². The smallest absolute Gasteiger partial charge is 0.394 e. The lowest BCUT2D eigenvalue weighted by molar-refractivity contribution is -0.329. The molecule has 1 aliphatic heterocycles. The zero-order chi connectivity index (χ0) is 35.6. The van der Waals surface area contributed by atoms with Crippen LogP contribution in [0.3, 0.4) is 0 Å². The second-order valence-electron chi connectivity index (χ2n) is 18.7. The molecular weight excluding hydrogens is 640 g/mol. The van der Waals surface area contributed by atoms with Crippen LogP contribution in [-0.4, -0.2) is 93.6 Å². The fraction of sp³-hybridized carbons (Fsp3) is 1.00. The number of fused-ring (bicyclic) bond motifs is 7. The van der Waals surface area contributed by atoms with Crippen LogP contribution in [0.15, 0.2) is 0 Å². The van der Waals surface area contributed by atoms with Gasteiger partial charge in [-0.15, -0.1) is 0 Å². The normalized spacial score (nSPS) is 56.7. The molecule has 278 valence electrons. The summed E-state index contributed by atoms with van der Waals surface area (Å²) in [7, 11) is -5.02. The maximum atomic E-state index is 12.0. The van der Waals surface area contributed by atoms with E-state index in [-0.39, 0.29) is 39.4 Å². The van der Waals surface area contributed by atoms with Crippen LogP contribution in [0.4, 0.5) is 0 Å². The second-order valence-corrected chi connectivity index (χ2v) is 19.8. The zero-order valence-electron chi connectivity index (χ0n) is 30.1. The van der Waals surface area contributed by atoms with Crippen molar-refractivity contribution in [3.63, 3.8) is 0 Å². The summed E-state index contributed by atoms with van der Waals surface area (Å²) in [6.45, 7) is 17.5. The number of aliphatic hydroxyl groups excluding tert-OH is 4. The molecule has 0 aromatic heterocycles. The highest BCUT2D eigenvalue weighted by Crippen LogP contribution is 2.77. The summed E-state index contributed by atoms with van der Waals surface area (Å²) in [6.07, 6.45) is -0.755. The minimum atomic E-state index is -5.02. The van der Waals surface area contributed by atoms with Gasteiger partial charge in [0.15, 0.2) is 12.4 Å². The predicted molar refractivity (Wildman–Crippen MR) is 177 cm³/mol. The summed E-state index contributed by atoms with van der Waals surface area (Å²) in [5.74, 6) is 1.38. The number of hydrogen-bond donors (Lipinski definition) is 6. The van der Waals surface area contributed by atoms with Gasteiger partial charge in [0.1, 0.15) is 18.3 Å². The van der Waals surface area contributed by atoms with Crippen LogP contribution in [0, 0.1) is 56.7 Å². The standard InChI is InChI=1S/C36H62O11S/c1-19-26-20-9-10-23-32(4)13-12-25(46-30-29(47-48(42,43)44)28(40)27(39)21(18-37)45-30)31(2,3)22(32)11-14-34(23,6)35(20,7)17-24(38)33(26,5)15-16-36(19,8)41/h19-30,37-41H,9-18H2,1-8H3,(H,42,43,44). The first-order valence-electron chi connectivity index (χ1n) is 18.3. The molecule has 5 aliphatic carbocycles. The van der Waals surface area contributed by atoms with Crippen LogP contribution in [0.5, 0.6) is 0 Å². The molecule has 0 bridgehead atoms. The number of hydrogen-bond acceptors (Lipinski definition) is 10. The average molecular weight is 703 g/mol. The van der Waals surface area contributed by atoms with Gasteiger partial charge in [0.05, 0.1) is 24.4 Å². The van der Waals surface area contributed by atoms with E-state index in [4.69, 9.17) is 13.7 Å². The number of aliphatic hydroxyl groups is 5. The molecule has 6 aliphatic rings. The monoisotopic (exact) mass is 702 g/mol. The van der Waals surface area contributed by atoms with E-state index < -0.39 is 70.9 Å². The third-order valence-corrected chi connectivity index (χ3v) is 17.0. The van der Waals surface area contributed by atoms with E-state index >= 15 is 0 Å². The molecule has 0 radical (unpaired) electrons. The predicted octanol–water partition coefficient (Wildman–Crippen LogP) is 3.84. The van der Waals surface area contributed by atoms with E-state index in [1.807, 2.05) is 6.92 Å². The van der Waals surface area contributed by atoms with Crippen molar-refractivity contribution >= 4 is 10.4 Å². The third kappa shape index (κ3) is 5.32. The highest BCUT2D eigenvalue weighted by atomic mass is 32.3. The van der Waals surface area contributed by atoms with Crippen LogP contribution in [0.1, 0.15) is 113 Å². The van der Waals surface area contributed by atoms with Gasteiger partial charge < -0.3 is 35.0 Å². The second kappa shape index (κ2) is 11.8. The Morgan fingerprint density at radius 3 is 2.10 bits per heavy atom. The lowest BCUT2D eigenvalue weighted by Gasteiger charge is -2.74. The Kier molecular flexibility index (Phi) is 9.18. The van der Waals surface area contributed by atoms with Crippen LogP contribution >= 0.6 is 0 Å². The summed E-state index contributed by atoms with van der Waals surface area (Å²) >= 11 is 0. The molecule has 6 fully saturated rings. The number of rotatable bonds is 5. The van der Waals surface area contributed by atoms with E-state index in [0.717, 1.165) is 44.9 Å². The van der Waals surface area contributed by atoms with Gasteiger partial charge in [0, 0.05) is 0 Å². The first kappa shape index (κ1) is 37.4. The Balaban J connectivity index is 1.28. The SMILES string of the molecule is CC1C2C3CCC4C5(C)CCC(OC6OC(CO)C(O)C(O)C6OS(=O)(=O)O)C(C)(C)C5CCC4(C)C3(C)CC(O)C2(C)CCC1(C)O. The van der Waals surface area contributed by atoms with Crippen LogP contribution in [0.25, 0.3) is 0 Å².